The molecule has 124 valence electrons. The highest BCUT2D eigenvalue weighted by Gasteiger charge is 2.21. The highest BCUT2D eigenvalue weighted by molar-refractivity contribution is 5.83. The van der Waals surface area contributed by atoms with Crippen LogP contribution in [0.4, 0.5) is 0 Å². The van der Waals surface area contributed by atoms with E-state index in [1.807, 2.05) is 19.1 Å². The molecule has 0 saturated heterocycles. The Labute approximate surface area is 143 Å². The van der Waals surface area contributed by atoms with Gasteiger partial charge in [0.25, 0.3) is 0 Å². The summed E-state index contributed by atoms with van der Waals surface area (Å²) >= 11 is 0. The van der Waals surface area contributed by atoms with Gasteiger partial charge in [-0.15, -0.1) is 0 Å². The van der Waals surface area contributed by atoms with Gasteiger partial charge in [0.15, 0.2) is 0 Å². The van der Waals surface area contributed by atoms with E-state index in [9.17, 15) is 4.79 Å². The number of nitrogens with one attached hydrogen (secondary N) is 1. The second-order valence-corrected chi connectivity index (χ2v) is 6.04. The third-order valence-electron chi connectivity index (χ3n) is 4.49. The minimum absolute atomic E-state index is 0.0712. The van der Waals surface area contributed by atoms with Crippen molar-refractivity contribution in [2.24, 2.45) is 0 Å². The highest BCUT2D eigenvalue weighted by atomic mass is 16.5. The average Bonchev–Trinajstić information content (AvgIpc) is 2.63. The summed E-state index contributed by atoms with van der Waals surface area (Å²) in [4.78, 5) is 11.9. The largest absolute Gasteiger partial charge is 0.497 e. The van der Waals surface area contributed by atoms with Crippen molar-refractivity contribution >= 4 is 11.5 Å². The zero-order valence-corrected chi connectivity index (χ0v) is 14.3. The number of amides is 1. The molecule has 0 atom stereocenters. The van der Waals surface area contributed by atoms with Crippen molar-refractivity contribution in [2.45, 2.75) is 32.6 Å². The average molecular weight is 321 g/mol. The molecule has 0 aliphatic heterocycles. The number of carbonyl (C=O) groups is 1. The number of aryl methyl sites for hydroxylation is 1. The number of carbonyl (C=O) groups excluding carboxylic acids is 1. The molecule has 0 unspecified atom stereocenters. The first-order valence-electron chi connectivity index (χ1n) is 8.44. The van der Waals surface area contributed by atoms with Gasteiger partial charge in [0.05, 0.1) is 7.11 Å². The summed E-state index contributed by atoms with van der Waals surface area (Å²) in [6.45, 7) is 1.88. The zero-order valence-electron chi connectivity index (χ0n) is 14.3. The molecule has 3 heteroatoms. The van der Waals surface area contributed by atoms with Crippen molar-refractivity contribution in [3.05, 3.63) is 70.9 Å². The number of fused-ring (bicyclic) bond motifs is 1. The predicted molar refractivity (Wildman–Crippen MR) is 96.8 cm³/mol. The highest BCUT2D eigenvalue weighted by Crippen LogP contribution is 2.35. The summed E-state index contributed by atoms with van der Waals surface area (Å²) in [5.74, 6) is 0.921. The van der Waals surface area contributed by atoms with E-state index in [1.54, 1.807) is 7.11 Å². The molecule has 3 nitrogen and oxygen atoms in total. The van der Waals surface area contributed by atoms with E-state index in [0.29, 0.717) is 6.42 Å². The molecule has 0 bridgehead atoms. The van der Waals surface area contributed by atoms with Gasteiger partial charge in [0.1, 0.15) is 5.75 Å². The van der Waals surface area contributed by atoms with Crippen molar-refractivity contribution in [2.75, 3.05) is 7.11 Å². The molecule has 0 fully saturated rings. The Morgan fingerprint density at radius 2 is 1.92 bits per heavy atom. The van der Waals surface area contributed by atoms with Gasteiger partial charge in [-0.1, -0.05) is 43.3 Å². The first-order valence-corrected chi connectivity index (χ1v) is 8.44. The number of hydrogen-bond donors (Lipinski definition) is 1. The molecule has 1 aliphatic rings. The maximum Gasteiger partial charge on any atom is 0.223 e. The molecule has 0 saturated carbocycles. The minimum Gasteiger partial charge on any atom is -0.497 e. The summed E-state index contributed by atoms with van der Waals surface area (Å²) in [6, 6.07) is 16.6. The first kappa shape index (κ1) is 16.3. The van der Waals surface area contributed by atoms with Crippen LogP contribution in [0, 0.1) is 0 Å². The lowest BCUT2D eigenvalue weighted by molar-refractivity contribution is -0.120. The third-order valence-corrected chi connectivity index (χ3v) is 4.49. The number of hydrogen-bond acceptors (Lipinski definition) is 2. The lowest BCUT2D eigenvalue weighted by Crippen LogP contribution is -2.25. The van der Waals surface area contributed by atoms with Gasteiger partial charge in [-0.05, 0) is 53.7 Å². The fourth-order valence-electron chi connectivity index (χ4n) is 3.15. The van der Waals surface area contributed by atoms with Crippen LogP contribution >= 0.6 is 0 Å². The van der Waals surface area contributed by atoms with Gasteiger partial charge in [-0.25, -0.2) is 0 Å². The van der Waals surface area contributed by atoms with Crippen LogP contribution in [0.15, 0.2) is 54.2 Å². The molecule has 2 aromatic rings. The van der Waals surface area contributed by atoms with Crippen LogP contribution in [0.1, 0.15) is 36.5 Å². The fourth-order valence-corrected chi connectivity index (χ4v) is 3.15. The van der Waals surface area contributed by atoms with Crippen LogP contribution in [-0.2, 0) is 17.6 Å². The van der Waals surface area contributed by atoms with Gasteiger partial charge in [-0.3, -0.25) is 4.79 Å². The zero-order chi connectivity index (χ0) is 16.9. The maximum absolute atomic E-state index is 11.9. The van der Waals surface area contributed by atoms with E-state index >= 15 is 0 Å². The lowest BCUT2D eigenvalue weighted by Gasteiger charge is -2.25. The maximum atomic E-state index is 11.9. The van der Waals surface area contributed by atoms with Crippen molar-refractivity contribution in [3.8, 4) is 5.75 Å². The van der Waals surface area contributed by atoms with E-state index in [0.717, 1.165) is 30.7 Å². The number of ether oxygens (including phenoxy) is 1. The Kier molecular flexibility index (Phi) is 4.99. The monoisotopic (exact) mass is 321 g/mol. The summed E-state index contributed by atoms with van der Waals surface area (Å²) in [5, 5.41) is 3.12. The van der Waals surface area contributed by atoms with E-state index in [4.69, 9.17) is 4.74 Å². The summed E-state index contributed by atoms with van der Waals surface area (Å²) in [6.07, 6.45) is 3.11. The topological polar surface area (TPSA) is 38.3 Å². The number of benzene rings is 2. The molecular weight excluding hydrogens is 298 g/mol. The number of rotatable bonds is 5. The molecule has 1 N–H and O–H groups in total. The normalized spacial score (nSPS) is 13.4. The van der Waals surface area contributed by atoms with Crippen molar-refractivity contribution in [3.63, 3.8) is 0 Å². The van der Waals surface area contributed by atoms with E-state index in [-0.39, 0.29) is 5.91 Å². The van der Waals surface area contributed by atoms with Crippen LogP contribution in [0.5, 0.6) is 5.75 Å². The van der Waals surface area contributed by atoms with Gasteiger partial charge in [0.2, 0.25) is 5.91 Å². The molecule has 1 amide bonds. The molecule has 1 aliphatic carbocycles. The second-order valence-electron chi connectivity index (χ2n) is 6.04. The van der Waals surface area contributed by atoms with Gasteiger partial charge in [-0.2, -0.15) is 0 Å². The molecule has 0 heterocycles. The van der Waals surface area contributed by atoms with Crippen LogP contribution in [0.25, 0.3) is 5.57 Å². The quantitative estimate of drug-likeness (QED) is 0.899. The van der Waals surface area contributed by atoms with E-state index < -0.39 is 0 Å². The SMILES string of the molecule is CCC(=O)NC1=C(Cc2ccccc2)c2cc(OC)ccc2CC1. The Morgan fingerprint density at radius 3 is 2.62 bits per heavy atom. The molecule has 24 heavy (non-hydrogen) atoms. The molecule has 0 aromatic heterocycles. The van der Waals surface area contributed by atoms with Crippen LogP contribution in [0.2, 0.25) is 0 Å². The van der Waals surface area contributed by atoms with Gasteiger partial charge < -0.3 is 10.1 Å². The van der Waals surface area contributed by atoms with Crippen molar-refractivity contribution in [1.29, 1.82) is 0 Å². The molecule has 2 aromatic carbocycles. The van der Waals surface area contributed by atoms with Gasteiger partial charge in [0, 0.05) is 12.1 Å². The van der Waals surface area contributed by atoms with Crippen LogP contribution in [-0.4, -0.2) is 13.0 Å². The smallest absolute Gasteiger partial charge is 0.223 e. The standard InChI is InChI=1S/C21H23NO2/c1-3-21(23)22-20-12-10-16-9-11-17(24-2)14-18(16)19(20)13-15-7-5-4-6-8-15/h4-9,11,14H,3,10,12-13H2,1-2H3,(H,22,23). The third kappa shape index (κ3) is 3.51. The van der Waals surface area contributed by atoms with Crippen LogP contribution in [0.3, 0.4) is 0 Å². The Balaban J connectivity index is 2.05. The van der Waals surface area contributed by atoms with Gasteiger partial charge >= 0.3 is 0 Å². The second kappa shape index (κ2) is 7.35. The lowest BCUT2D eigenvalue weighted by atomic mass is 9.85. The summed E-state index contributed by atoms with van der Waals surface area (Å²) < 4.78 is 5.41. The van der Waals surface area contributed by atoms with Crippen LogP contribution < -0.4 is 10.1 Å². The number of allylic oxidation sites excluding steroid dienone is 2. The summed E-state index contributed by atoms with van der Waals surface area (Å²) in [7, 11) is 1.69. The van der Waals surface area contributed by atoms with E-state index in [1.165, 1.54) is 22.3 Å². The Morgan fingerprint density at radius 1 is 1.12 bits per heavy atom. The Hall–Kier alpha value is -2.55. The van der Waals surface area contributed by atoms with Crippen molar-refractivity contribution < 1.29 is 9.53 Å². The molecule has 3 rings (SSSR count). The fraction of sp³-hybridized carbons (Fsp3) is 0.286. The number of methoxy groups -OCH3 is 1. The molecule has 0 spiro atoms. The first-order chi connectivity index (χ1) is 11.7. The summed E-state index contributed by atoms with van der Waals surface area (Å²) in [5.41, 5.74) is 5.99. The van der Waals surface area contributed by atoms with E-state index in [2.05, 4.69) is 41.7 Å². The van der Waals surface area contributed by atoms with Crippen molar-refractivity contribution in [1.82, 2.24) is 5.32 Å². The minimum atomic E-state index is 0.0712. The molecular formula is C21H23NO2. The molecule has 0 radical (unpaired) electrons. The Bertz CT molecular complexity index is 763. The predicted octanol–water partition coefficient (Wildman–Crippen LogP) is 4.12.